The molecule has 0 spiro atoms. The summed E-state index contributed by atoms with van der Waals surface area (Å²) in [5, 5.41) is 2.56. The van der Waals surface area contributed by atoms with Crippen LogP contribution in [0, 0.1) is 0 Å². The average Bonchev–Trinajstić information content (AvgIpc) is 2.68. The molecule has 3 heteroatoms. The molecular weight excluding hydrogens is 361 g/mol. The molecule has 0 bridgehead atoms. The minimum Gasteiger partial charge on any atom is -0.248 e. The van der Waals surface area contributed by atoms with Gasteiger partial charge < -0.3 is 0 Å². The van der Waals surface area contributed by atoms with Gasteiger partial charge >= 0.3 is 0 Å². The molecule has 26 heavy (non-hydrogen) atoms. The zero-order valence-electron chi connectivity index (χ0n) is 13.9. The summed E-state index contributed by atoms with van der Waals surface area (Å²) in [7, 11) is 0. The highest BCUT2D eigenvalue weighted by Gasteiger charge is 2.08. The third-order valence-electron chi connectivity index (χ3n) is 4.21. The largest absolute Gasteiger partial charge is 0.248 e. The van der Waals surface area contributed by atoms with Gasteiger partial charge in [0.2, 0.25) is 0 Å². The highest BCUT2D eigenvalue weighted by atomic mass is 35.5. The van der Waals surface area contributed by atoms with Crippen molar-refractivity contribution in [2.45, 2.75) is 0 Å². The van der Waals surface area contributed by atoms with E-state index in [-0.39, 0.29) is 0 Å². The van der Waals surface area contributed by atoms with Crippen molar-refractivity contribution in [1.82, 2.24) is 4.98 Å². The van der Waals surface area contributed by atoms with Crippen LogP contribution in [0.4, 0.5) is 0 Å². The molecule has 0 radical (unpaired) electrons. The number of benzene rings is 3. The summed E-state index contributed by atoms with van der Waals surface area (Å²) in [6.07, 6.45) is 2.12. The lowest BCUT2D eigenvalue weighted by Crippen LogP contribution is -1.93. The van der Waals surface area contributed by atoms with Gasteiger partial charge in [-0.1, -0.05) is 71.7 Å². The first-order chi connectivity index (χ1) is 12.7. The van der Waals surface area contributed by atoms with E-state index in [0.29, 0.717) is 5.02 Å². The Labute approximate surface area is 162 Å². The molecular formula is C23H15Cl2N. The van der Waals surface area contributed by atoms with Gasteiger partial charge in [-0.15, -0.1) is 0 Å². The molecule has 0 aliphatic carbocycles. The Morgan fingerprint density at radius 1 is 0.692 bits per heavy atom. The highest BCUT2D eigenvalue weighted by Crippen LogP contribution is 2.28. The van der Waals surface area contributed by atoms with Crippen molar-refractivity contribution < 1.29 is 0 Å². The quantitative estimate of drug-likeness (QED) is 0.347. The summed E-state index contributed by atoms with van der Waals surface area (Å²) in [5.74, 6) is 0. The van der Waals surface area contributed by atoms with Gasteiger partial charge in [-0.05, 0) is 53.6 Å². The Morgan fingerprint density at radius 2 is 1.35 bits per heavy atom. The Balaban J connectivity index is 1.88. The van der Waals surface area contributed by atoms with E-state index in [1.807, 2.05) is 66.7 Å². The van der Waals surface area contributed by atoms with E-state index in [1.54, 1.807) is 0 Å². The molecule has 1 nitrogen and oxygen atoms in total. The maximum Gasteiger partial charge on any atom is 0.0715 e. The number of hydrogen-bond acceptors (Lipinski definition) is 1. The van der Waals surface area contributed by atoms with Crippen molar-refractivity contribution in [2.24, 2.45) is 0 Å². The van der Waals surface area contributed by atoms with Crippen LogP contribution < -0.4 is 0 Å². The van der Waals surface area contributed by atoms with Gasteiger partial charge in [0.25, 0.3) is 0 Å². The molecule has 0 fully saturated rings. The second-order valence-electron chi connectivity index (χ2n) is 6.01. The summed E-state index contributed by atoms with van der Waals surface area (Å²) < 4.78 is 0. The van der Waals surface area contributed by atoms with E-state index < -0.39 is 0 Å². The molecule has 1 aromatic heterocycles. The number of rotatable bonds is 3. The van der Waals surface area contributed by atoms with Crippen LogP contribution in [0.1, 0.15) is 16.8 Å². The third kappa shape index (κ3) is 3.65. The zero-order valence-corrected chi connectivity index (χ0v) is 15.4. The molecule has 0 saturated heterocycles. The standard InChI is InChI=1S/C23H15Cl2N/c24-19-10-5-16(6-11-19)15-21(17-7-12-20(25)13-8-17)23-14-9-18-3-1-2-4-22(18)26-23/h1-15H/b21-15+. The van der Waals surface area contributed by atoms with E-state index in [0.717, 1.165) is 38.3 Å². The van der Waals surface area contributed by atoms with Gasteiger partial charge in [-0.25, -0.2) is 4.98 Å². The maximum absolute atomic E-state index is 6.07. The van der Waals surface area contributed by atoms with Crippen molar-refractivity contribution in [3.63, 3.8) is 0 Å². The lowest BCUT2D eigenvalue weighted by molar-refractivity contribution is 1.34. The molecule has 3 aromatic carbocycles. The van der Waals surface area contributed by atoms with Crippen LogP contribution in [0.3, 0.4) is 0 Å². The summed E-state index contributed by atoms with van der Waals surface area (Å²) in [4.78, 5) is 4.86. The van der Waals surface area contributed by atoms with Gasteiger partial charge in [0.05, 0.1) is 11.2 Å². The number of aromatic nitrogens is 1. The second-order valence-corrected chi connectivity index (χ2v) is 6.88. The van der Waals surface area contributed by atoms with Crippen LogP contribution in [0.15, 0.2) is 84.9 Å². The predicted molar refractivity (Wildman–Crippen MR) is 112 cm³/mol. The molecule has 4 rings (SSSR count). The number of nitrogens with zero attached hydrogens (tertiary/aromatic N) is 1. The SMILES string of the molecule is Clc1ccc(/C=C(\c2ccc(Cl)cc2)c2ccc3ccccc3n2)cc1. The van der Waals surface area contributed by atoms with Gasteiger partial charge in [-0.3, -0.25) is 0 Å². The van der Waals surface area contributed by atoms with Crippen molar-refractivity contribution in [3.05, 3.63) is 112 Å². The number of para-hydroxylation sites is 1. The summed E-state index contributed by atoms with van der Waals surface area (Å²) in [6.45, 7) is 0. The van der Waals surface area contributed by atoms with Gasteiger partial charge in [-0.2, -0.15) is 0 Å². The average molecular weight is 376 g/mol. The van der Waals surface area contributed by atoms with E-state index >= 15 is 0 Å². The van der Waals surface area contributed by atoms with Crippen molar-refractivity contribution in [2.75, 3.05) is 0 Å². The minimum atomic E-state index is 0.714. The Bertz CT molecular complexity index is 1080. The number of fused-ring (bicyclic) bond motifs is 1. The molecule has 0 aliphatic heterocycles. The number of halogens is 2. The highest BCUT2D eigenvalue weighted by molar-refractivity contribution is 6.30. The van der Waals surface area contributed by atoms with E-state index in [9.17, 15) is 0 Å². The second kappa shape index (κ2) is 7.33. The topological polar surface area (TPSA) is 12.9 Å². The van der Waals surface area contributed by atoms with Crippen LogP contribution in [-0.4, -0.2) is 4.98 Å². The van der Waals surface area contributed by atoms with E-state index in [2.05, 4.69) is 24.3 Å². The lowest BCUT2D eigenvalue weighted by Gasteiger charge is -2.10. The molecule has 0 amide bonds. The molecule has 0 unspecified atom stereocenters. The molecule has 4 aromatic rings. The smallest absolute Gasteiger partial charge is 0.0715 e. The predicted octanol–water partition coefficient (Wildman–Crippen LogP) is 7.13. The summed E-state index contributed by atoms with van der Waals surface area (Å²) in [5.41, 5.74) is 5.05. The molecule has 1 heterocycles. The Morgan fingerprint density at radius 3 is 2.08 bits per heavy atom. The van der Waals surface area contributed by atoms with E-state index in [4.69, 9.17) is 28.2 Å². The molecule has 0 N–H and O–H groups in total. The zero-order chi connectivity index (χ0) is 17.9. The van der Waals surface area contributed by atoms with Gasteiger partial charge in [0.1, 0.15) is 0 Å². The molecule has 0 saturated carbocycles. The summed E-state index contributed by atoms with van der Waals surface area (Å²) in [6, 6.07) is 27.9. The maximum atomic E-state index is 6.07. The number of hydrogen-bond donors (Lipinski definition) is 0. The van der Waals surface area contributed by atoms with Crippen LogP contribution in [0.2, 0.25) is 10.0 Å². The van der Waals surface area contributed by atoms with Crippen LogP contribution >= 0.6 is 23.2 Å². The van der Waals surface area contributed by atoms with Crippen molar-refractivity contribution in [1.29, 1.82) is 0 Å². The minimum absolute atomic E-state index is 0.714. The molecule has 0 atom stereocenters. The first-order valence-corrected chi connectivity index (χ1v) is 9.04. The van der Waals surface area contributed by atoms with Crippen molar-refractivity contribution in [3.8, 4) is 0 Å². The fourth-order valence-corrected chi connectivity index (χ4v) is 3.13. The van der Waals surface area contributed by atoms with Gasteiger partial charge in [0, 0.05) is 21.0 Å². The Kier molecular flexibility index (Phi) is 4.75. The fraction of sp³-hybridized carbons (Fsp3) is 0. The van der Waals surface area contributed by atoms with E-state index in [1.165, 1.54) is 0 Å². The third-order valence-corrected chi connectivity index (χ3v) is 4.71. The number of pyridine rings is 1. The fourth-order valence-electron chi connectivity index (χ4n) is 2.88. The monoisotopic (exact) mass is 375 g/mol. The summed E-state index contributed by atoms with van der Waals surface area (Å²) >= 11 is 12.1. The Hall–Kier alpha value is -2.61. The molecule has 126 valence electrons. The van der Waals surface area contributed by atoms with Crippen molar-refractivity contribution >= 4 is 45.8 Å². The van der Waals surface area contributed by atoms with Crippen LogP contribution in [0.25, 0.3) is 22.6 Å². The van der Waals surface area contributed by atoms with Gasteiger partial charge in [0.15, 0.2) is 0 Å². The lowest BCUT2D eigenvalue weighted by atomic mass is 9.98. The van der Waals surface area contributed by atoms with Crippen LogP contribution in [-0.2, 0) is 0 Å². The molecule has 0 aliphatic rings. The van der Waals surface area contributed by atoms with Crippen LogP contribution in [0.5, 0.6) is 0 Å². The normalized spacial score (nSPS) is 11.7. The first-order valence-electron chi connectivity index (χ1n) is 8.28. The first kappa shape index (κ1) is 16.8.